The molecule has 0 bridgehead atoms. The molecule has 0 unspecified atom stereocenters. The van der Waals surface area contributed by atoms with E-state index in [1.807, 2.05) is 13.8 Å². The van der Waals surface area contributed by atoms with Crippen molar-refractivity contribution in [3.63, 3.8) is 0 Å². The number of aryl methyl sites for hydroxylation is 1. The number of hydrogen-bond acceptors (Lipinski definition) is 2. The van der Waals surface area contributed by atoms with Crippen LogP contribution in [0, 0.1) is 6.92 Å². The van der Waals surface area contributed by atoms with Crippen LogP contribution >= 0.6 is 22.9 Å². The predicted octanol–water partition coefficient (Wildman–Crippen LogP) is 2.97. The van der Waals surface area contributed by atoms with Crippen LogP contribution in [0.4, 0.5) is 0 Å². The monoisotopic (exact) mass is 204 g/mol. The van der Waals surface area contributed by atoms with Gasteiger partial charge in [0, 0.05) is 4.88 Å². The zero-order valence-electron chi connectivity index (χ0n) is 6.85. The molecule has 0 amide bonds. The molecule has 0 aliphatic carbocycles. The molecule has 4 heteroatoms. The van der Waals surface area contributed by atoms with E-state index < -0.39 is 5.97 Å². The van der Waals surface area contributed by atoms with Crippen LogP contribution in [0.25, 0.3) is 0 Å². The van der Waals surface area contributed by atoms with Crippen LogP contribution in [0.1, 0.15) is 27.7 Å². The number of halogens is 1. The Labute approximate surface area is 79.8 Å². The Morgan fingerprint density at radius 3 is 2.58 bits per heavy atom. The van der Waals surface area contributed by atoms with Gasteiger partial charge in [0.05, 0.1) is 5.56 Å². The second-order valence-electron chi connectivity index (χ2n) is 2.44. The minimum absolute atomic E-state index is 0.279. The molecule has 0 saturated heterocycles. The number of rotatable bonds is 2. The Hall–Kier alpha value is -0.540. The molecule has 0 atom stereocenters. The second kappa shape index (κ2) is 3.46. The fourth-order valence-electron chi connectivity index (χ4n) is 1.18. The molecule has 66 valence electrons. The third-order valence-corrected chi connectivity index (χ3v) is 3.09. The molecule has 0 spiro atoms. The Kier molecular flexibility index (Phi) is 2.75. The van der Waals surface area contributed by atoms with E-state index in [-0.39, 0.29) is 5.56 Å². The number of thiophene rings is 1. The molecule has 0 fully saturated rings. The highest BCUT2D eigenvalue weighted by Crippen LogP contribution is 2.32. The van der Waals surface area contributed by atoms with E-state index in [0.29, 0.717) is 4.34 Å². The van der Waals surface area contributed by atoms with Gasteiger partial charge in [-0.25, -0.2) is 4.79 Å². The average Bonchev–Trinajstić information content (AvgIpc) is 2.24. The molecule has 2 nitrogen and oxygen atoms in total. The van der Waals surface area contributed by atoms with Gasteiger partial charge >= 0.3 is 5.97 Å². The van der Waals surface area contributed by atoms with Gasteiger partial charge in [-0.3, -0.25) is 0 Å². The standard InChI is InChI=1S/C8H9ClO2S/c1-3-5-4(2)12-7(9)6(5)8(10)11/h3H2,1-2H3,(H,10,11). The SMILES string of the molecule is CCc1c(C)sc(Cl)c1C(=O)O. The maximum absolute atomic E-state index is 10.7. The molecular weight excluding hydrogens is 196 g/mol. The summed E-state index contributed by atoms with van der Waals surface area (Å²) in [6.07, 6.45) is 0.719. The summed E-state index contributed by atoms with van der Waals surface area (Å²) >= 11 is 7.10. The Balaban J connectivity index is 3.32. The van der Waals surface area contributed by atoms with Gasteiger partial charge < -0.3 is 5.11 Å². The first-order valence-corrected chi connectivity index (χ1v) is 4.78. The smallest absolute Gasteiger partial charge is 0.338 e. The van der Waals surface area contributed by atoms with Crippen molar-refractivity contribution in [1.82, 2.24) is 0 Å². The minimum Gasteiger partial charge on any atom is -0.478 e. The number of carboxylic acid groups (broad SMARTS) is 1. The zero-order valence-corrected chi connectivity index (χ0v) is 8.42. The molecular formula is C8H9ClO2S. The topological polar surface area (TPSA) is 37.3 Å². The first-order chi connectivity index (χ1) is 5.57. The van der Waals surface area contributed by atoms with Crippen LogP contribution < -0.4 is 0 Å². The minimum atomic E-state index is -0.929. The molecule has 1 aromatic heterocycles. The van der Waals surface area contributed by atoms with Crippen LogP contribution in [-0.2, 0) is 6.42 Å². The third kappa shape index (κ3) is 1.47. The first-order valence-electron chi connectivity index (χ1n) is 3.59. The Morgan fingerprint density at radius 1 is 1.67 bits per heavy atom. The van der Waals surface area contributed by atoms with Gasteiger partial charge in [0.25, 0.3) is 0 Å². The van der Waals surface area contributed by atoms with Crippen molar-refractivity contribution < 1.29 is 9.90 Å². The summed E-state index contributed by atoms with van der Waals surface area (Å²) in [5.41, 5.74) is 1.14. The molecule has 0 radical (unpaired) electrons. The van der Waals surface area contributed by atoms with Crippen LogP contribution in [0.5, 0.6) is 0 Å². The summed E-state index contributed by atoms with van der Waals surface area (Å²) in [7, 11) is 0. The highest BCUT2D eigenvalue weighted by atomic mass is 35.5. The highest BCUT2D eigenvalue weighted by Gasteiger charge is 2.18. The summed E-state index contributed by atoms with van der Waals surface area (Å²) in [5, 5.41) is 8.81. The van der Waals surface area contributed by atoms with Crippen molar-refractivity contribution in [2.24, 2.45) is 0 Å². The number of hydrogen-bond donors (Lipinski definition) is 1. The first kappa shape index (κ1) is 9.55. The summed E-state index contributed by atoms with van der Waals surface area (Å²) in [6, 6.07) is 0. The van der Waals surface area contributed by atoms with Crippen LogP contribution in [0.2, 0.25) is 4.34 Å². The van der Waals surface area contributed by atoms with Crippen molar-refractivity contribution in [1.29, 1.82) is 0 Å². The molecule has 1 N–H and O–H groups in total. The van der Waals surface area contributed by atoms with Gasteiger partial charge in [0.15, 0.2) is 0 Å². The predicted molar refractivity (Wildman–Crippen MR) is 50.4 cm³/mol. The molecule has 1 rings (SSSR count). The Bertz CT molecular complexity index is 317. The van der Waals surface area contributed by atoms with Crippen LogP contribution in [0.15, 0.2) is 0 Å². The van der Waals surface area contributed by atoms with Gasteiger partial charge in [-0.15, -0.1) is 11.3 Å². The molecule has 1 aromatic rings. The van der Waals surface area contributed by atoms with Crippen molar-refractivity contribution in [2.75, 3.05) is 0 Å². The van der Waals surface area contributed by atoms with E-state index in [1.54, 1.807) is 0 Å². The van der Waals surface area contributed by atoms with Crippen molar-refractivity contribution in [3.05, 3.63) is 20.3 Å². The summed E-state index contributed by atoms with van der Waals surface area (Å²) in [5.74, 6) is -0.929. The lowest BCUT2D eigenvalue weighted by molar-refractivity contribution is 0.0696. The summed E-state index contributed by atoms with van der Waals surface area (Å²) in [6.45, 7) is 3.82. The fourth-order valence-corrected chi connectivity index (χ4v) is 2.67. The normalized spacial score (nSPS) is 10.2. The third-order valence-electron chi connectivity index (χ3n) is 1.73. The van der Waals surface area contributed by atoms with E-state index in [2.05, 4.69) is 0 Å². The van der Waals surface area contributed by atoms with Crippen LogP contribution in [0.3, 0.4) is 0 Å². The fraction of sp³-hybridized carbons (Fsp3) is 0.375. The molecule has 0 aliphatic rings. The van der Waals surface area contributed by atoms with E-state index in [9.17, 15) is 4.79 Å². The molecule has 0 saturated carbocycles. The number of carboxylic acids is 1. The number of carbonyl (C=O) groups is 1. The quantitative estimate of drug-likeness (QED) is 0.804. The Morgan fingerprint density at radius 2 is 2.25 bits per heavy atom. The number of aromatic carboxylic acids is 1. The van der Waals surface area contributed by atoms with Crippen molar-refractivity contribution in [3.8, 4) is 0 Å². The van der Waals surface area contributed by atoms with Crippen LogP contribution in [-0.4, -0.2) is 11.1 Å². The lowest BCUT2D eigenvalue weighted by Crippen LogP contribution is -1.99. The van der Waals surface area contributed by atoms with E-state index in [0.717, 1.165) is 16.9 Å². The summed E-state index contributed by atoms with van der Waals surface area (Å²) in [4.78, 5) is 11.7. The van der Waals surface area contributed by atoms with Gasteiger partial charge in [0.1, 0.15) is 4.34 Å². The van der Waals surface area contributed by atoms with E-state index >= 15 is 0 Å². The molecule has 12 heavy (non-hydrogen) atoms. The van der Waals surface area contributed by atoms with E-state index in [1.165, 1.54) is 11.3 Å². The van der Waals surface area contributed by atoms with Gasteiger partial charge in [-0.1, -0.05) is 18.5 Å². The highest BCUT2D eigenvalue weighted by molar-refractivity contribution is 7.16. The lowest BCUT2D eigenvalue weighted by atomic mass is 10.1. The van der Waals surface area contributed by atoms with Gasteiger partial charge in [0.2, 0.25) is 0 Å². The molecule has 0 aromatic carbocycles. The van der Waals surface area contributed by atoms with E-state index in [4.69, 9.17) is 16.7 Å². The van der Waals surface area contributed by atoms with Crippen molar-refractivity contribution >= 4 is 28.9 Å². The maximum atomic E-state index is 10.7. The average molecular weight is 205 g/mol. The van der Waals surface area contributed by atoms with Crippen molar-refractivity contribution in [2.45, 2.75) is 20.3 Å². The molecule has 1 heterocycles. The maximum Gasteiger partial charge on any atom is 0.338 e. The second-order valence-corrected chi connectivity index (χ2v) is 4.27. The lowest BCUT2D eigenvalue weighted by Gasteiger charge is -1.96. The zero-order chi connectivity index (χ0) is 9.30. The van der Waals surface area contributed by atoms with Gasteiger partial charge in [-0.2, -0.15) is 0 Å². The molecule has 0 aliphatic heterocycles. The summed E-state index contributed by atoms with van der Waals surface area (Å²) < 4.78 is 0.386. The van der Waals surface area contributed by atoms with Gasteiger partial charge in [-0.05, 0) is 18.9 Å². The largest absolute Gasteiger partial charge is 0.478 e.